The van der Waals surface area contributed by atoms with Crippen LogP contribution in [0, 0.1) is 3.57 Å². The summed E-state index contributed by atoms with van der Waals surface area (Å²) in [6, 6.07) is 0.312. The van der Waals surface area contributed by atoms with Crippen LogP contribution in [0.4, 0.5) is 5.82 Å². The van der Waals surface area contributed by atoms with Gasteiger partial charge in [0.25, 0.3) is 0 Å². The second-order valence-corrected chi connectivity index (χ2v) is 5.11. The van der Waals surface area contributed by atoms with Gasteiger partial charge in [-0.3, -0.25) is 0 Å². The first kappa shape index (κ1) is 11.2. The van der Waals surface area contributed by atoms with E-state index >= 15 is 0 Å². The van der Waals surface area contributed by atoms with E-state index < -0.39 is 0 Å². The summed E-state index contributed by atoms with van der Waals surface area (Å²) in [4.78, 5) is 0. The van der Waals surface area contributed by atoms with Crippen molar-refractivity contribution >= 4 is 28.4 Å². The fourth-order valence-electron chi connectivity index (χ4n) is 2.25. The second kappa shape index (κ2) is 4.69. The summed E-state index contributed by atoms with van der Waals surface area (Å²) < 4.78 is 8.45. The van der Waals surface area contributed by atoms with Crippen LogP contribution in [0.3, 0.4) is 0 Å². The van der Waals surface area contributed by atoms with Crippen LogP contribution in [0.1, 0.15) is 31.7 Å². The minimum atomic E-state index is 0.261. The van der Waals surface area contributed by atoms with Crippen molar-refractivity contribution in [2.45, 2.75) is 37.8 Å². The van der Waals surface area contributed by atoms with Crippen molar-refractivity contribution in [2.75, 3.05) is 12.8 Å². The number of halogens is 1. The second-order valence-electron chi connectivity index (χ2n) is 3.95. The van der Waals surface area contributed by atoms with Gasteiger partial charge in [0.2, 0.25) is 0 Å². The summed E-state index contributed by atoms with van der Waals surface area (Å²) >= 11 is 2.21. The third-order valence-corrected chi connectivity index (χ3v) is 3.90. The highest BCUT2D eigenvalue weighted by molar-refractivity contribution is 14.1. The molecule has 1 fully saturated rings. The van der Waals surface area contributed by atoms with Gasteiger partial charge in [0.1, 0.15) is 5.82 Å². The first-order valence-corrected chi connectivity index (χ1v) is 6.33. The largest absolute Gasteiger partial charge is 0.383 e. The number of methoxy groups -OCH3 is 1. The van der Waals surface area contributed by atoms with E-state index in [9.17, 15) is 0 Å². The van der Waals surface area contributed by atoms with Gasteiger partial charge in [0.05, 0.1) is 21.9 Å². The van der Waals surface area contributed by atoms with E-state index in [1.807, 2.05) is 10.9 Å². The molecule has 2 rings (SSSR count). The normalized spacial score (nSPS) is 26.8. The molecule has 0 aromatic carbocycles. The molecule has 1 heterocycles. The molecule has 5 heteroatoms. The van der Waals surface area contributed by atoms with Crippen molar-refractivity contribution in [3.05, 3.63) is 9.77 Å². The molecule has 1 aliphatic carbocycles. The number of aromatic nitrogens is 2. The fraction of sp³-hybridized carbons (Fsp3) is 0.700. The minimum absolute atomic E-state index is 0.261. The lowest BCUT2D eigenvalue weighted by Gasteiger charge is -2.31. The molecule has 2 N–H and O–H groups in total. The molecular formula is C10H16IN3O. The zero-order valence-corrected chi connectivity index (χ0v) is 11.0. The van der Waals surface area contributed by atoms with Gasteiger partial charge in [-0.2, -0.15) is 5.10 Å². The number of nitrogens with two attached hydrogens (primary N) is 1. The number of nitrogen functional groups attached to an aromatic ring is 1. The van der Waals surface area contributed by atoms with Crippen molar-refractivity contribution in [2.24, 2.45) is 0 Å². The Bertz CT molecular complexity index is 339. The van der Waals surface area contributed by atoms with Crippen LogP contribution in [0.5, 0.6) is 0 Å². The smallest absolute Gasteiger partial charge is 0.135 e. The minimum Gasteiger partial charge on any atom is -0.383 e. The quantitative estimate of drug-likeness (QED) is 0.850. The zero-order valence-electron chi connectivity index (χ0n) is 8.82. The van der Waals surface area contributed by atoms with Crippen LogP contribution in [-0.4, -0.2) is 23.0 Å². The number of rotatable bonds is 2. The summed E-state index contributed by atoms with van der Waals surface area (Å²) in [7, 11) is 1.77. The summed E-state index contributed by atoms with van der Waals surface area (Å²) in [5.41, 5.74) is 5.99. The molecule has 0 amide bonds. The van der Waals surface area contributed by atoms with E-state index in [1.54, 1.807) is 7.11 Å². The highest BCUT2D eigenvalue weighted by Crippen LogP contribution is 2.32. The van der Waals surface area contributed by atoms with E-state index in [0.29, 0.717) is 6.04 Å². The molecule has 0 spiro atoms. The maximum atomic E-state index is 5.99. The lowest BCUT2D eigenvalue weighted by molar-refractivity contribution is 0.0254. The van der Waals surface area contributed by atoms with Crippen LogP contribution in [0.25, 0.3) is 0 Å². The molecule has 0 saturated heterocycles. The van der Waals surface area contributed by atoms with Crippen molar-refractivity contribution in [1.29, 1.82) is 0 Å². The fourth-order valence-corrected chi connectivity index (χ4v) is 2.62. The van der Waals surface area contributed by atoms with Gasteiger partial charge in [-0.05, 0) is 35.4 Å². The topological polar surface area (TPSA) is 53.1 Å². The standard InChI is InChI=1S/C10H16IN3O/c1-15-9-5-3-2-4-8(9)14-10(12)7(11)6-13-14/h6,8-9H,2-5,12H2,1H3. The van der Waals surface area contributed by atoms with E-state index in [0.717, 1.165) is 22.2 Å². The Hall–Kier alpha value is -0.300. The zero-order chi connectivity index (χ0) is 10.8. The van der Waals surface area contributed by atoms with Gasteiger partial charge in [-0.15, -0.1) is 0 Å². The van der Waals surface area contributed by atoms with Gasteiger partial charge in [-0.1, -0.05) is 12.8 Å². The van der Waals surface area contributed by atoms with Crippen molar-refractivity contribution in [1.82, 2.24) is 9.78 Å². The molecule has 1 aromatic heterocycles. The van der Waals surface area contributed by atoms with Crippen LogP contribution in [0.2, 0.25) is 0 Å². The van der Waals surface area contributed by atoms with Crippen LogP contribution in [-0.2, 0) is 4.74 Å². The molecule has 0 bridgehead atoms. The Kier molecular flexibility index (Phi) is 3.50. The monoisotopic (exact) mass is 321 g/mol. The molecule has 84 valence electrons. The van der Waals surface area contributed by atoms with Crippen LogP contribution in [0.15, 0.2) is 6.20 Å². The van der Waals surface area contributed by atoms with Gasteiger partial charge in [0.15, 0.2) is 0 Å². The Morgan fingerprint density at radius 1 is 1.53 bits per heavy atom. The van der Waals surface area contributed by atoms with Crippen molar-refractivity contribution < 1.29 is 4.74 Å². The predicted molar refractivity (Wildman–Crippen MR) is 67.7 cm³/mol. The SMILES string of the molecule is COC1CCCCC1n1ncc(I)c1N. The average molecular weight is 321 g/mol. The molecule has 15 heavy (non-hydrogen) atoms. The molecule has 0 aliphatic heterocycles. The molecule has 2 unspecified atom stereocenters. The number of hydrogen-bond donors (Lipinski definition) is 1. The first-order chi connectivity index (χ1) is 7.24. The van der Waals surface area contributed by atoms with Crippen molar-refractivity contribution in [3.8, 4) is 0 Å². The van der Waals surface area contributed by atoms with Gasteiger partial charge < -0.3 is 10.5 Å². The number of anilines is 1. The molecule has 1 aromatic rings. The Morgan fingerprint density at radius 3 is 2.87 bits per heavy atom. The molecule has 2 atom stereocenters. The van der Waals surface area contributed by atoms with E-state index in [2.05, 4.69) is 27.7 Å². The summed E-state index contributed by atoms with van der Waals surface area (Å²) in [5, 5.41) is 4.34. The van der Waals surface area contributed by atoms with E-state index in [1.165, 1.54) is 12.8 Å². The molecule has 0 radical (unpaired) electrons. The first-order valence-electron chi connectivity index (χ1n) is 5.25. The third-order valence-electron chi connectivity index (χ3n) is 3.07. The number of nitrogens with zero attached hydrogens (tertiary/aromatic N) is 2. The van der Waals surface area contributed by atoms with Gasteiger partial charge in [0, 0.05) is 7.11 Å². The third kappa shape index (κ3) is 2.13. The van der Waals surface area contributed by atoms with E-state index in [-0.39, 0.29) is 6.10 Å². The lowest BCUT2D eigenvalue weighted by Crippen LogP contribution is -2.30. The number of hydrogen-bond acceptors (Lipinski definition) is 3. The van der Waals surface area contributed by atoms with Crippen molar-refractivity contribution in [3.63, 3.8) is 0 Å². The predicted octanol–water partition coefficient (Wildman–Crippen LogP) is 2.20. The summed E-state index contributed by atoms with van der Waals surface area (Å²) in [6.07, 6.45) is 6.78. The molecular weight excluding hydrogens is 305 g/mol. The molecule has 4 nitrogen and oxygen atoms in total. The number of ether oxygens (including phenoxy) is 1. The molecule has 1 aliphatic rings. The maximum Gasteiger partial charge on any atom is 0.135 e. The summed E-state index contributed by atoms with van der Waals surface area (Å²) in [5.74, 6) is 0.768. The van der Waals surface area contributed by atoms with Crippen LogP contribution < -0.4 is 5.73 Å². The molecule has 1 saturated carbocycles. The Morgan fingerprint density at radius 2 is 2.27 bits per heavy atom. The Labute approximate surface area is 103 Å². The lowest BCUT2D eigenvalue weighted by atomic mass is 9.92. The highest BCUT2D eigenvalue weighted by Gasteiger charge is 2.28. The maximum absolute atomic E-state index is 5.99. The van der Waals surface area contributed by atoms with Crippen LogP contribution >= 0.6 is 22.6 Å². The average Bonchev–Trinajstić information content (AvgIpc) is 2.60. The van der Waals surface area contributed by atoms with E-state index in [4.69, 9.17) is 10.5 Å². The highest BCUT2D eigenvalue weighted by atomic mass is 127. The summed E-state index contributed by atoms with van der Waals surface area (Å²) in [6.45, 7) is 0. The Balaban J connectivity index is 2.24. The van der Waals surface area contributed by atoms with Gasteiger partial charge in [-0.25, -0.2) is 4.68 Å². The van der Waals surface area contributed by atoms with Gasteiger partial charge >= 0.3 is 0 Å².